The summed E-state index contributed by atoms with van der Waals surface area (Å²) in [6.45, 7) is 12.1. The van der Waals surface area contributed by atoms with Gasteiger partial charge in [-0.3, -0.25) is 4.79 Å². The minimum Gasteiger partial charge on any atom is -0.462 e. The van der Waals surface area contributed by atoms with Crippen molar-refractivity contribution in [3.8, 4) is 12.3 Å². The van der Waals surface area contributed by atoms with Crippen LogP contribution in [0, 0.1) is 17.8 Å². The number of amides is 1. The van der Waals surface area contributed by atoms with Gasteiger partial charge in [-0.15, -0.1) is 6.42 Å². The average Bonchev–Trinajstić information content (AvgIpc) is 3.31. The van der Waals surface area contributed by atoms with E-state index in [9.17, 15) is 9.59 Å². The van der Waals surface area contributed by atoms with Crippen molar-refractivity contribution in [2.45, 2.75) is 66.2 Å². The molecule has 8 heteroatoms. The molecule has 0 bridgehead atoms. The number of esters is 1. The first-order chi connectivity index (χ1) is 16.0. The fraction of sp³-hybridized carbons (Fsp3) is 0.577. The fourth-order valence-electron chi connectivity index (χ4n) is 2.69. The molecule has 188 valence electrons. The van der Waals surface area contributed by atoms with Crippen LogP contribution in [0.5, 0.6) is 0 Å². The number of carbonyl (C=O) groups is 2. The Morgan fingerprint density at radius 3 is 2.62 bits per heavy atom. The lowest BCUT2D eigenvalue weighted by molar-refractivity contribution is -0.173. The molecule has 0 saturated carbocycles. The topological polar surface area (TPSA) is 91.7 Å². The fourth-order valence-corrected chi connectivity index (χ4v) is 2.69. The predicted molar refractivity (Wildman–Crippen MR) is 132 cm³/mol. The summed E-state index contributed by atoms with van der Waals surface area (Å²) in [5.41, 5.74) is -1.33. The molecule has 0 fully saturated rings. The lowest BCUT2D eigenvalue weighted by Crippen LogP contribution is -2.48. The highest BCUT2D eigenvalue weighted by molar-refractivity contribution is 5.83. The molecule has 1 heterocycles. The van der Waals surface area contributed by atoms with Gasteiger partial charge in [0.2, 0.25) is 5.91 Å². The second kappa shape index (κ2) is 14.4. The van der Waals surface area contributed by atoms with Crippen molar-refractivity contribution in [3.05, 3.63) is 42.5 Å². The summed E-state index contributed by atoms with van der Waals surface area (Å²) >= 11 is 0. The van der Waals surface area contributed by atoms with Gasteiger partial charge in [0.1, 0.15) is 12.0 Å². The lowest BCUT2D eigenvalue weighted by atomic mass is 9.91. The van der Waals surface area contributed by atoms with Crippen LogP contribution in [0.15, 0.2) is 42.5 Å². The monoisotopic (exact) mass is 473 g/mol. The van der Waals surface area contributed by atoms with Crippen LogP contribution in [0.2, 0.25) is 0 Å². The number of hydrogen-bond acceptors (Lipinski definition) is 6. The van der Waals surface area contributed by atoms with E-state index in [1.807, 2.05) is 37.6 Å². The number of aromatic nitrogens is 2. The average molecular weight is 474 g/mol. The summed E-state index contributed by atoms with van der Waals surface area (Å²) < 4.78 is 19.0. The summed E-state index contributed by atoms with van der Waals surface area (Å²) in [5, 5.41) is 2.93. The van der Waals surface area contributed by atoms with Crippen molar-refractivity contribution in [1.82, 2.24) is 14.9 Å². The molecule has 0 aliphatic rings. The highest BCUT2D eigenvalue weighted by Gasteiger charge is 2.38. The van der Waals surface area contributed by atoms with Gasteiger partial charge >= 0.3 is 5.97 Å². The quantitative estimate of drug-likeness (QED) is 0.182. The highest BCUT2D eigenvalue weighted by atomic mass is 16.6. The van der Waals surface area contributed by atoms with Gasteiger partial charge in [0.05, 0.1) is 25.6 Å². The van der Waals surface area contributed by atoms with Crippen molar-refractivity contribution >= 4 is 11.9 Å². The Balaban J connectivity index is 2.66. The van der Waals surface area contributed by atoms with Gasteiger partial charge in [-0.2, -0.15) is 0 Å². The van der Waals surface area contributed by atoms with E-state index < -0.39 is 17.0 Å². The third-order valence-electron chi connectivity index (χ3n) is 4.97. The second-order valence-corrected chi connectivity index (χ2v) is 9.24. The molecule has 8 nitrogen and oxygen atoms in total. The minimum atomic E-state index is -1.19. The Morgan fingerprint density at radius 1 is 1.26 bits per heavy atom. The summed E-state index contributed by atoms with van der Waals surface area (Å²) in [7, 11) is 0. The summed E-state index contributed by atoms with van der Waals surface area (Å²) in [6, 6.07) is 0. The lowest BCUT2D eigenvalue weighted by Gasteiger charge is -2.31. The van der Waals surface area contributed by atoms with Gasteiger partial charge in [0, 0.05) is 25.5 Å². The maximum absolute atomic E-state index is 13.0. The Morgan fingerprint density at radius 2 is 2.00 bits per heavy atom. The van der Waals surface area contributed by atoms with E-state index in [-0.39, 0.29) is 31.8 Å². The van der Waals surface area contributed by atoms with Gasteiger partial charge in [-0.1, -0.05) is 18.1 Å². The molecule has 0 spiro atoms. The molecule has 1 N–H and O–H groups in total. The first-order valence-corrected chi connectivity index (χ1v) is 11.5. The van der Waals surface area contributed by atoms with E-state index in [0.717, 1.165) is 18.5 Å². The SMILES string of the molecule is C#C/C=C\C=C(/C)COC(C)(C)C(=O)OCC(C)(COC(C)C)C(=O)NCCCn1ccnc1. The van der Waals surface area contributed by atoms with Crippen LogP contribution in [-0.4, -0.2) is 59.5 Å². The van der Waals surface area contributed by atoms with Crippen LogP contribution in [-0.2, 0) is 30.3 Å². The van der Waals surface area contributed by atoms with Gasteiger partial charge in [0.25, 0.3) is 0 Å². The first kappa shape index (κ1) is 29.1. The van der Waals surface area contributed by atoms with E-state index in [1.165, 1.54) is 0 Å². The van der Waals surface area contributed by atoms with Gasteiger partial charge in [-0.05, 0) is 59.6 Å². The Bertz CT molecular complexity index is 865. The van der Waals surface area contributed by atoms with E-state index in [4.69, 9.17) is 20.6 Å². The Labute approximate surface area is 203 Å². The van der Waals surface area contributed by atoms with Crippen LogP contribution >= 0.6 is 0 Å². The number of aryl methyl sites for hydroxylation is 1. The largest absolute Gasteiger partial charge is 0.462 e. The summed E-state index contributed by atoms with van der Waals surface area (Å²) in [6.07, 6.45) is 16.3. The maximum atomic E-state index is 13.0. The number of rotatable bonds is 15. The van der Waals surface area contributed by atoms with Crippen LogP contribution in [0.25, 0.3) is 0 Å². The van der Waals surface area contributed by atoms with Crippen molar-refractivity contribution < 1.29 is 23.8 Å². The van der Waals surface area contributed by atoms with Crippen molar-refractivity contribution in [3.63, 3.8) is 0 Å². The minimum absolute atomic E-state index is 0.0675. The van der Waals surface area contributed by atoms with E-state index in [1.54, 1.807) is 45.4 Å². The number of ether oxygens (including phenoxy) is 3. The molecule has 0 radical (unpaired) electrons. The van der Waals surface area contributed by atoms with E-state index >= 15 is 0 Å². The summed E-state index contributed by atoms with van der Waals surface area (Å²) in [5.74, 6) is 1.62. The zero-order chi connectivity index (χ0) is 25.6. The molecular weight excluding hydrogens is 434 g/mol. The number of carbonyl (C=O) groups excluding carboxylic acids is 2. The van der Waals surface area contributed by atoms with Crippen LogP contribution in [0.3, 0.4) is 0 Å². The molecule has 1 amide bonds. The van der Waals surface area contributed by atoms with Crippen LogP contribution in [0.1, 0.15) is 48.0 Å². The number of nitrogens with zero attached hydrogens (tertiary/aromatic N) is 2. The molecule has 0 aliphatic heterocycles. The van der Waals surface area contributed by atoms with Crippen molar-refractivity contribution in [1.29, 1.82) is 0 Å². The van der Waals surface area contributed by atoms with Crippen molar-refractivity contribution in [2.75, 3.05) is 26.4 Å². The third kappa shape index (κ3) is 10.8. The zero-order valence-electron chi connectivity index (χ0n) is 21.3. The van der Waals surface area contributed by atoms with Crippen LogP contribution in [0.4, 0.5) is 0 Å². The third-order valence-corrected chi connectivity index (χ3v) is 4.97. The molecule has 1 unspecified atom stereocenters. The van der Waals surface area contributed by atoms with E-state index in [2.05, 4.69) is 16.2 Å². The molecule has 1 rings (SSSR count). The van der Waals surface area contributed by atoms with Gasteiger partial charge in [0.15, 0.2) is 5.60 Å². The molecule has 1 aromatic heterocycles. The Hall–Kier alpha value is -2.89. The summed E-state index contributed by atoms with van der Waals surface area (Å²) in [4.78, 5) is 29.7. The number of imidazole rings is 1. The normalized spacial score (nSPS) is 14.1. The van der Waals surface area contributed by atoms with Gasteiger partial charge in [-0.25, -0.2) is 9.78 Å². The second-order valence-electron chi connectivity index (χ2n) is 9.24. The standard InChI is InChI=1S/C26H39N3O5/c1-8-9-10-12-22(4)17-34-25(5,6)24(31)33-19-26(7,18-32-21(2)3)23(30)28-13-11-15-29-16-14-27-20-29/h1,9-10,12,14,16,20-21H,11,13,15,17-19H2,2-7H3,(H,28,30)/b10-9-,22-12+. The maximum Gasteiger partial charge on any atom is 0.337 e. The first-order valence-electron chi connectivity index (χ1n) is 11.5. The molecule has 0 saturated heterocycles. The smallest absolute Gasteiger partial charge is 0.337 e. The molecular formula is C26H39N3O5. The van der Waals surface area contributed by atoms with Crippen LogP contribution < -0.4 is 5.32 Å². The molecule has 1 aromatic rings. The predicted octanol–water partition coefficient (Wildman–Crippen LogP) is 3.29. The number of allylic oxidation sites excluding steroid dienone is 3. The zero-order valence-corrected chi connectivity index (χ0v) is 21.3. The Kier molecular flexibility index (Phi) is 12.3. The molecule has 0 aromatic carbocycles. The number of hydrogen-bond donors (Lipinski definition) is 1. The molecule has 34 heavy (non-hydrogen) atoms. The van der Waals surface area contributed by atoms with Gasteiger partial charge < -0.3 is 24.1 Å². The van der Waals surface area contributed by atoms with E-state index in [0.29, 0.717) is 6.54 Å². The highest BCUT2D eigenvalue weighted by Crippen LogP contribution is 2.22. The molecule has 1 atom stereocenters. The number of terminal acetylenes is 1. The number of nitrogens with one attached hydrogen (secondary N) is 1. The molecule has 0 aliphatic carbocycles. The van der Waals surface area contributed by atoms with Crippen molar-refractivity contribution in [2.24, 2.45) is 5.41 Å².